The van der Waals surface area contributed by atoms with Gasteiger partial charge in [-0.05, 0) is 38.5 Å². The molecular formula is C6H4BrF2IN2. The maximum Gasteiger partial charge on any atom is 0.266 e. The van der Waals surface area contributed by atoms with Crippen molar-refractivity contribution in [2.75, 3.05) is 5.73 Å². The van der Waals surface area contributed by atoms with Gasteiger partial charge in [-0.2, -0.15) is 0 Å². The van der Waals surface area contributed by atoms with Crippen LogP contribution in [-0.4, -0.2) is 4.98 Å². The topological polar surface area (TPSA) is 38.9 Å². The monoisotopic (exact) mass is 348 g/mol. The standard InChI is InChI=1S/C6H4BrF2IN2/c7-4-3(5(8)9)2(10)1-12-6(4)11/h1,5H,(H2,11,12). The maximum absolute atomic E-state index is 12.4. The van der Waals surface area contributed by atoms with Crippen LogP contribution in [-0.2, 0) is 0 Å². The first-order chi connectivity index (χ1) is 5.54. The average Bonchev–Trinajstić information content (AvgIpc) is 1.97. The number of hydrogen-bond acceptors (Lipinski definition) is 2. The summed E-state index contributed by atoms with van der Waals surface area (Å²) in [4.78, 5) is 3.71. The van der Waals surface area contributed by atoms with Gasteiger partial charge >= 0.3 is 0 Å². The largest absolute Gasteiger partial charge is 0.383 e. The molecule has 1 heterocycles. The van der Waals surface area contributed by atoms with Crippen LogP contribution in [0.2, 0.25) is 0 Å². The van der Waals surface area contributed by atoms with Gasteiger partial charge in [0.2, 0.25) is 0 Å². The number of pyridine rings is 1. The molecule has 0 aliphatic carbocycles. The molecule has 0 bridgehead atoms. The molecular weight excluding hydrogens is 345 g/mol. The molecule has 6 heteroatoms. The first-order valence-electron chi connectivity index (χ1n) is 2.91. The number of halogens is 4. The molecule has 0 atom stereocenters. The van der Waals surface area contributed by atoms with E-state index in [1.807, 2.05) is 0 Å². The number of hydrogen-bond donors (Lipinski definition) is 1. The molecule has 0 saturated heterocycles. The second-order valence-electron chi connectivity index (χ2n) is 2.02. The van der Waals surface area contributed by atoms with E-state index in [-0.39, 0.29) is 15.9 Å². The lowest BCUT2D eigenvalue weighted by atomic mass is 10.3. The number of nitrogens with zero attached hydrogens (tertiary/aromatic N) is 1. The van der Waals surface area contributed by atoms with Gasteiger partial charge in [-0.3, -0.25) is 0 Å². The van der Waals surface area contributed by atoms with E-state index in [0.29, 0.717) is 3.57 Å². The van der Waals surface area contributed by atoms with Gasteiger partial charge in [-0.25, -0.2) is 13.8 Å². The lowest BCUT2D eigenvalue weighted by molar-refractivity contribution is 0.149. The van der Waals surface area contributed by atoms with Crippen molar-refractivity contribution >= 4 is 44.3 Å². The molecule has 0 aliphatic heterocycles. The summed E-state index contributed by atoms with van der Waals surface area (Å²) in [5, 5.41) is 0. The Labute approximate surface area is 89.8 Å². The minimum Gasteiger partial charge on any atom is -0.383 e. The van der Waals surface area contributed by atoms with Crippen LogP contribution in [0, 0.1) is 3.57 Å². The fourth-order valence-electron chi connectivity index (χ4n) is 0.695. The number of nitrogens with two attached hydrogens (primary N) is 1. The predicted molar refractivity (Wildman–Crippen MR) is 54.0 cm³/mol. The summed E-state index contributed by atoms with van der Waals surface area (Å²) in [6.45, 7) is 0. The van der Waals surface area contributed by atoms with Gasteiger partial charge < -0.3 is 5.73 Å². The summed E-state index contributed by atoms with van der Waals surface area (Å²) in [6, 6.07) is 0. The zero-order valence-electron chi connectivity index (χ0n) is 5.69. The Bertz CT molecular complexity index is 306. The summed E-state index contributed by atoms with van der Waals surface area (Å²) < 4.78 is 25.3. The molecule has 12 heavy (non-hydrogen) atoms. The smallest absolute Gasteiger partial charge is 0.266 e. The fraction of sp³-hybridized carbons (Fsp3) is 0.167. The highest BCUT2D eigenvalue weighted by Gasteiger charge is 2.17. The summed E-state index contributed by atoms with van der Waals surface area (Å²) >= 11 is 4.75. The van der Waals surface area contributed by atoms with Gasteiger partial charge in [0, 0.05) is 9.77 Å². The maximum atomic E-state index is 12.4. The van der Waals surface area contributed by atoms with Crippen molar-refractivity contribution < 1.29 is 8.78 Å². The molecule has 0 aliphatic rings. The minimum atomic E-state index is -2.53. The molecule has 2 N–H and O–H groups in total. The molecule has 2 nitrogen and oxygen atoms in total. The Kier molecular flexibility index (Phi) is 3.22. The molecule has 0 amide bonds. The molecule has 0 saturated carbocycles. The molecule has 0 spiro atoms. The second kappa shape index (κ2) is 3.82. The van der Waals surface area contributed by atoms with E-state index in [0.717, 1.165) is 0 Å². The molecule has 66 valence electrons. The van der Waals surface area contributed by atoms with Crippen LogP contribution in [0.3, 0.4) is 0 Å². The van der Waals surface area contributed by atoms with E-state index in [1.165, 1.54) is 6.20 Å². The Hall–Kier alpha value is 0.0200. The van der Waals surface area contributed by atoms with Gasteiger partial charge in [0.25, 0.3) is 6.43 Å². The SMILES string of the molecule is Nc1ncc(I)c(C(F)F)c1Br. The van der Waals surface area contributed by atoms with Crippen LogP contribution in [0.15, 0.2) is 10.7 Å². The lowest BCUT2D eigenvalue weighted by Gasteiger charge is -2.06. The highest BCUT2D eigenvalue weighted by Crippen LogP contribution is 2.33. The van der Waals surface area contributed by atoms with Gasteiger partial charge in [0.1, 0.15) is 5.82 Å². The van der Waals surface area contributed by atoms with Gasteiger partial charge in [-0.15, -0.1) is 0 Å². The van der Waals surface area contributed by atoms with E-state index in [2.05, 4.69) is 20.9 Å². The average molecular weight is 349 g/mol. The number of rotatable bonds is 1. The highest BCUT2D eigenvalue weighted by molar-refractivity contribution is 14.1. The molecule has 1 aromatic heterocycles. The second-order valence-corrected chi connectivity index (χ2v) is 3.97. The molecule has 0 radical (unpaired) electrons. The first kappa shape index (κ1) is 10.1. The fourth-order valence-corrected chi connectivity index (χ4v) is 2.20. The number of alkyl halides is 2. The van der Waals surface area contributed by atoms with Crippen LogP contribution < -0.4 is 5.73 Å². The van der Waals surface area contributed by atoms with Crippen LogP contribution in [0.5, 0.6) is 0 Å². The van der Waals surface area contributed by atoms with Gasteiger partial charge in [0.05, 0.1) is 10.0 Å². The zero-order valence-corrected chi connectivity index (χ0v) is 9.43. The quantitative estimate of drug-likeness (QED) is 0.792. The third kappa shape index (κ3) is 1.85. The van der Waals surface area contributed by atoms with Crippen LogP contribution in [0.4, 0.5) is 14.6 Å². The van der Waals surface area contributed by atoms with Crippen molar-refractivity contribution in [1.29, 1.82) is 0 Å². The molecule has 0 unspecified atom stereocenters. The Morgan fingerprint density at radius 3 is 2.58 bits per heavy atom. The third-order valence-corrected chi connectivity index (χ3v) is 2.95. The van der Waals surface area contributed by atoms with Crippen molar-refractivity contribution in [1.82, 2.24) is 4.98 Å². The minimum absolute atomic E-state index is 0.0886. The Morgan fingerprint density at radius 2 is 2.17 bits per heavy atom. The van der Waals surface area contributed by atoms with E-state index in [1.54, 1.807) is 22.6 Å². The van der Waals surface area contributed by atoms with Crippen molar-refractivity contribution in [2.45, 2.75) is 6.43 Å². The Morgan fingerprint density at radius 1 is 1.58 bits per heavy atom. The number of aromatic nitrogens is 1. The molecule has 0 aromatic carbocycles. The van der Waals surface area contributed by atoms with Gasteiger partial charge in [0.15, 0.2) is 0 Å². The van der Waals surface area contributed by atoms with Crippen molar-refractivity contribution in [3.8, 4) is 0 Å². The first-order valence-corrected chi connectivity index (χ1v) is 4.78. The summed E-state index contributed by atoms with van der Waals surface area (Å²) in [6.07, 6.45) is -1.21. The summed E-state index contributed by atoms with van der Waals surface area (Å²) in [5.74, 6) is 0.0886. The molecule has 1 rings (SSSR count). The highest BCUT2D eigenvalue weighted by atomic mass is 127. The lowest BCUT2D eigenvalue weighted by Crippen LogP contribution is -1.99. The normalized spacial score (nSPS) is 10.8. The van der Waals surface area contributed by atoms with E-state index in [4.69, 9.17) is 5.73 Å². The van der Waals surface area contributed by atoms with Gasteiger partial charge in [-0.1, -0.05) is 0 Å². The summed E-state index contributed by atoms with van der Waals surface area (Å²) in [5.41, 5.74) is 5.24. The number of nitrogen functional groups attached to an aromatic ring is 1. The molecule has 0 fully saturated rings. The van der Waals surface area contributed by atoms with Crippen LogP contribution in [0.25, 0.3) is 0 Å². The summed E-state index contributed by atoms with van der Waals surface area (Å²) in [7, 11) is 0. The van der Waals surface area contributed by atoms with Crippen molar-refractivity contribution in [3.63, 3.8) is 0 Å². The van der Waals surface area contributed by atoms with E-state index < -0.39 is 6.43 Å². The van der Waals surface area contributed by atoms with Crippen molar-refractivity contribution in [3.05, 3.63) is 19.8 Å². The van der Waals surface area contributed by atoms with E-state index in [9.17, 15) is 8.78 Å². The molecule has 1 aromatic rings. The predicted octanol–water partition coefficient (Wildman–Crippen LogP) is 2.97. The van der Waals surface area contributed by atoms with Crippen molar-refractivity contribution in [2.24, 2.45) is 0 Å². The Balaban J connectivity index is 3.33. The number of anilines is 1. The van der Waals surface area contributed by atoms with Crippen LogP contribution >= 0.6 is 38.5 Å². The van der Waals surface area contributed by atoms with E-state index >= 15 is 0 Å². The van der Waals surface area contributed by atoms with Crippen LogP contribution in [0.1, 0.15) is 12.0 Å². The zero-order chi connectivity index (χ0) is 9.30. The third-order valence-electron chi connectivity index (χ3n) is 1.25.